The molecule has 4 rings (SSSR count). The van der Waals surface area contributed by atoms with Gasteiger partial charge in [-0.25, -0.2) is 0 Å². The molecule has 0 atom stereocenters. The fourth-order valence-electron chi connectivity index (χ4n) is 6.10. The Bertz CT molecular complexity index is 547. The number of nitrogens with zero attached hydrogens (tertiary/aromatic N) is 2. The number of piperazine rings is 1. The van der Waals surface area contributed by atoms with Crippen molar-refractivity contribution < 1.29 is 0 Å². The van der Waals surface area contributed by atoms with E-state index in [9.17, 15) is 0 Å². The summed E-state index contributed by atoms with van der Waals surface area (Å²) >= 11 is 0. The van der Waals surface area contributed by atoms with Gasteiger partial charge in [-0.2, -0.15) is 0 Å². The molecule has 138 valence electrons. The Balaban J connectivity index is 1.48. The van der Waals surface area contributed by atoms with E-state index in [1.54, 1.807) is 0 Å². The number of para-hydroxylation sites is 1. The number of rotatable bonds is 3. The van der Waals surface area contributed by atoms with Crippen molar-refractivity contribution in [2.24, 2.45) is 5.92 Å². The summed E-state index contributed by atoms with van der Waals surface area (Å²) in [6.45, 7) is 7.21. The average molecular weight is 341 g/mol. The van der Waals surface area contributed by atoms with Gasteiger partial charge in [-0.1, -0.05) is 56.7 Å². The number of hydrogen-bond acceptors (Lipinski definition) is 2. The Hall–Kier alpha value is -1.02. The van der Waals surface area contributed by atoms with Crippen LogP contribution in [0, 0.1) is 12.8 Å². The van der Waals surface area contributed by atoms with Gasteiger partial charge in [-0.15, -0.1) is 0 Å². The zero-order chi connectivity index (χ0) is 17.1. The molecule has 0 spiro atoms. The van der Waals surface area contributed by atoms with Crippen molar-refractivity contribution in [3.05, 3.63) is 29.8 Å². The predicted octanol–water partition coefficient (Wildman–Crippen LogP) is 5.40. The van der Waals surface area contributed by atoms with Gasteiger partial charge in [-0.05, 0) is 50.2 Å². The van der Waals surface area contributed by atoms with E-state index in [1.807, 2.05) is 0 Å². The third-order valence-electron chi connectivity index (χ3n) is 7.45. The maximum atomic E-state index is 2.96. The van der Waals surface area contributed by atoms with Crippen LogP contribution in [0.1, 0.15) is 69.8 Å². The predicted molar refractivity (Wildman–Crippen MR) is 107 cm³/mol. The van der Waals surface area contributed by atoms with Gasteiger partial charge in [0.2, 0.25) is 0 Å². The largest absolute Gasteiger partial charge is 0.369 e. The van der Waals surface area contributed by atoms with Crippen molar-refractivity contribution in [2.45, 2.75) is 76.7 Å². The molecule has 1 saturated heterocycles. The molecule has 2 nitrogen and oxygen atoms in total. The first kappa shape index (κ1) is 17.4. The molecule has 3 aliphatic rings. The second-order valence-electron chi connectivity index (χ2n) is 8.76. The fraction of sp³-hybridized carbons (Fsp3) is 0.739. The zero-order valence-electron chi connectivity index (χ0n) is 16.2. The van der Waals surface area contributed by atoms with E-state index in [-0.39, 0.29) is 0 Å². The van der Waals surface area contributed by atoms with Gasteiger partial charge in [-0.3, -0.25) is 4.90 Å². The average Bonchev–Trinajstić information content (AvgIpc) is 2.70. The fourth-order valence-corrected chi connectivity index (χ4v) is 6.10. The van der Waals surface area contributed by atoms with Crippen LogP contribution in [0.25, 0.3) is 0 Å². The van der Waals surface area contributed by atoms with Crippen molar-refractivity contribution in [3.63, 3.8) is 0 Å². The molecular weight excluding hydrogens is 304 g/mol. The monoisotopic (exact) mass is 340 g/mol. The standard InChI is InChI=1S/C23H36N2/c1-20-10-6-7-13-22(20)24-16-18-25(19-17-24)23(14-8-3-9-15-23)21-11-4-2-5-12-21/h6-7,10,13,21H,2-5,8-9,11-12,14-19H2,1H3. The minimum atomic E-state index is 0.552. The lowest BCUT2D eigenvalue weighted by Gasteiger charge is -2.55. The highest BCUT2D eigenvalue weighted by Gasteiger charge is 2.45. The summed E-state index contributed by atoms with van der Waals surface area (Å²) < 4.78 is 0. The van der Waals surface area contributed by atoms with Gasteiger partial charge in [0.25, 0.3) is 0 Å². The van der Waals surface area contributed by atoms with Crippen molar-refractivity contribution in [1.29, 1.82) is 0 Å². The van der Waals surface area contributed by atoms with Gasteiger partial charge in [0.05, 0.1) is 0 Å². The minimum Gasteiger partial charge on any atom is -0.369 e. The molecular formula is C23H36N2. The highest BCUT2D eigenvalue weighted by Crippen LogP contribution is 2.46. The summed E-state index contributed by atoms with van der Waals surface area (Å²) in [5.41, 5.74) is 3.43. The van der Waals surface area contributed by atoms with Crippen LogP contribution in [0.15, 0.2) is 24.3 Å². The zero-order valence-corrected chi connectivity index (χ0v) is 16.2. The van der Waals surface area contributed by atoms with Crippen LogP contribution >= 0.6 is 0 Å². The molecule has 0 radical (unpaired) electrons. The highest BCUT2D eigenvalue weighted by molar-refractivity contribution is 5.53. The number of anilines is 1. The number of hydrogen-bond donors (Lipinski definition) is 0. The van der Waals surface area contributed by atoms with Crippen LogP contribution < -0.4 is 4.90 Å². The third kappa shape index (κ3) is 3.47. The molecule has 0 unspecified atom stereocenters. The Morgan fingerprint density at radius 2 is 1.44 bits per heavy atom. The van der Waals surface area contributed by atoms with E-state index in [4.69, 9.17) is 0 Å². The van der Waals surface area contributed by atoms with Crippen molar-refractivity contribution in [3.8, 4) is 0 Å². The molecule has 1 aromatic rings. The smallest absolute Gasteiger partial charge is 0.0396 e. The lowest BCUT2D eigenvalue weighted by atomic mass is 9.66. The maximum Gasteiger partial charge on any atom is 0.0396 e. The first-order valence-corrected chi connectivity index (χ1v) is 10.9. The molecule has 0 amide bonds. The second kappa shape index (κ2) is 7.70. The molecule has 2 aliphatic carbocycles. The van der Waals surface area contributed by atoms with E-state index in [1.165, 1.54) is 102 Å². The molecule has 0 bridgehead atoms. The van der Waals surface area contributed by atoms with Crippen molar-refractivity contribution in [1.82, 2.24) is 4.90 Å². The Morgan fingerprint density at radius 3 is 2.12 bits per heavy atom. The quantitative estimate of drug-likeness (QED) is 0.727. The van der Waals surface area contributed by atoms with Crippen LogP contribution in [0.5, 0.6) is 0 Å². The summed E-state index contributed by atoms with van der Waals surface area (Å²) in [6, 6.07) is 8.92. The summed E-state index contributed by atoms with van der Waals surface area (Å²) in [4.78, 5) is 5.58. The number of aryl methyl sites for hydroxylation is 1. The normalized spacial score (nSPS) is 25.9. The Labute approximate surface area is 154 Å². The van der Waals surface area contributed by atoms with E-state index >= 15 is 0 Å². The van der Waals surface area contributed by atoms with Gasteiger partial charge in [0.15, 0.2) is 0 Å². The lowest BCUT2D eigenvalue weighted by molar-refractivity contribution is -0.0188. The van der Waals surface area contributed by atoms with Gasteiger partial charge < -0.3 is 4.90 Å². The van der Waals surface area contributed by atoms with E-state index in [0.717, 1.165) is 5.92 Å². The van der Waals surface area contributed by atoms with Crippen molar-refractivity contribution in [2.75, 3.05) is 31.1 Å². The number of benzene rings is 1. The summed E-state index contributed by atoms with van der Waals surface area (Å²) in [5, 5.41) is 0. The summed E-state index contributed by atoms with van der Waals surface area (Å²) in [5.74, 6) is 0.978. The van der Waals surface area contributed by atoms with Crippen LogP contribution in [0.4, 0.5) is 5.69 Å². The topological polar surface area (TPSA) is 6.48 Å². The molecule has 2 saturated carbocycles. The molecule has 1 aromatic carbocycles. The van der Waals surface area contributed by atoms with Crippen molar-refractivity contribution >= 4 is 5.69 Å². The van der Waals surface area contributed by atoms with E-state index < -0.39 is 0 Å². The van der Waals surface area contributed by atoms with Crippen LogP contribution in [-0.2, 0) is 0 Å². The van der Waals surface area contributed by atoms with Crippen LogP contribution in [0.2, 0.25) is 0 Å². The van der Waals surface area contributed by atoms with Crippen LogP contribution in [0.3, 0.4) is 0 Å². The lowest BCUT2D eigenvalue weighted by Crippen LogP contribution is -2.61. The molecule has 0 N–H and O–H groups in total. The molecule has 2 heteroatoms. The molecule has 1 heterocycles. The van der Waals surface area contributed by atoms with Gasteiger partial charge in [0.1, 0.15) is 0 Å². The Kier molecular flexibility index (Phi) is 5.36. The van der Waals surface area contributed by atoms with E-state index in [2.05, 4.69) is 41.0 Å². The first-order valence-electron chi connectivity index (χ1n) is 10.9. The van der Waals surface area contributed by atoms with Gasteiger partial charge >= 0.3 is 0 Å². The second-order valence-corrected chi connectivity index (χ2v) is 8.76. The van der Waals surface area contributed by atoms with Gasteiger partial charge in [0, 0.05) is 37.4 Å². The Morgan fingerprint density at radius 1 is 0.800 bits per heavy atom. The van der Waals surface area contributed by atoms with Crippen LogP contribution in [-0.4, -0.2) is 36.6 Å². The highest BCUT2D eigenvalue weighted by atomic mass is 15.3. The minimum absolute atomic E-state index is 0.552. The molecule has 0 aromatic heterocycles. The molecule has 25 heavy (non-hydrogen) atoms. The maximum absolute atomic E-state index is 2.96. The first-order chi connectivity index (χ1) is 12.3. The van der Waals surface area contributed by atoms with E-state index in [0.29, 0.717) is 5.54 Å². The molecule has 3 fully saturated rings. The summed E-state index contributed by atoms with van der Waals surface area (Å²) in [7, 11) is 0. The summed E-state index contributed by atoms with van der Waals surface area (Å²) in [6.07, 6.45) is 14.8. The third-order valence-corrected chi connectivity index (χ3v) is 7.45. The molecule has 1 aliphatic heterocycles. The SMILES string of the molecule is Cc1ccccc1N1CCN(C2(C3CCCCC3)CCCCC2)CC1.